The van der Waals surface area contributed by atoms with Crippen molar-refractivity contribution >= 4 is 28.8 Å². The molecule has 3 atom stereocenters. The molecule has 1 saturated heterocycles. The highest BCUT2D eigenvalue weighted by molar-refractivity contribution is 6.01. The Morgan fingerprint density at radius 3 is 2.60 bits per heavy atom. The minimum absolute atomic E-state index is 0.0645. The molecule has 0 spiro atoms. The number of carbonyl (C=O) groups is 2. The quantitative estimate of drug-likeness (QED) is 0.453. The van der Waals surface area contributed by atoms with Gasteiger partial charge in [-0.05, 0) is 18.6 Å². The number of nitrogens with zero attached hydrogens (tertiary/aromatic N) is 3. The lowest BCUT2D eigenvalue weighted by Crippen LogP contribution is -2.44. The highest BCUT2D eigenvalue weighted by atomic mass is 16.6. The van der Waals surface area contributed by atoms with Crippen LogP contribution in [-0.2, 0) is 14.3 Å². The van der Waals surface area contributed by atoms with Crippen LogP contribution in [0.25, 0.3) is 0 Å². The second-order valence-electron chi connectivity index (χ2n) is 5.73. The molecule has 0 amide bonds. The van der Waals surface area contributed by atoms with Crippen molar-refractivity contribution in [3.63, 3.8) is 0 Å². The summed E-state index contributed by atoms with van der Waals surface area (Å²) < 4.78 is 4.76. The number of rotatable bonds is 4. The maximum atomic E-state index is 12.2. The molecule has 0 aliphatic carbocycles. The van der Waals surface area contributed by atoms with Gasteiger partial charge in [-0.2, -0.15) is 0 Å². The average molecular weight is 347 g/mol. The minimum atomic E-state index is -0.751. The minimum Gasteiger partial charge on any atom is -0.469 e. The summed E-state index contributed by atoms with van der Waals surface area (Å²) in [7, 11) is 1.23. The fourth-order valence-corrected chi connectivity index (χ4v) is 3.39. The second kappa shape index (κ2) is 5.96. The first-order valence-electron chi connectivity index (χ1n) is 7.36. The number of hydrogen-bond donors (Lipinski definition) is 0. The largest absolute Gasteiger partial charge is 0.469 e. The lowest BCUT2D eigenvalue weighted by molar-refractivity contribution is -0.393. The summed E-state index contributed by atoms with van der Waals surface area (Å²) in [5, 5.41) is 22.3. The molecule has 1 aromatic rings. The summed E-state index contributed by atoms with van der Waals surface area (Å²) in [5.41, 5.74) is -0.848. The maximum Gasteiger partial charge on any atom is 0.311 e. The number of esters is 1. The fourth-order valence-electron chi connectivity index (χ4n) is 3.39. The Hall–Kier alpha value is -3.30. The van der Waals surface area contributed by atoms with Crippen LogP contribution in [-0.4, -0.2) is 40.8 Å². The van der Waals surface area contributed by atoms with Crippen molar-refractivity contribution in [2.24, 2.45) is 5.92 Å². The van der Waals surface area contributed by atoms with E-state index in [1.54, 1.807) is 0 Å². The standard InChI is InChI=1S/C15H13N3O7/c1-25-15(20)9-7-13-14(19)5-4-10(9)16(13)11-3-2-8(17(21)22)6-12(11)18(23)24/h2-6,9-10,13H,7H2,1H3/t9-,10?,13?/m1/s1. The van der Waals surface area contributed by atoms with E-state index in [2.05, 4.69) is 0 Å². The van der Waals surface area contributed by atoms with Crippen LogP contribution in [0.15, 0.2) is 30.4 Å². The van der Waals surface area contributed by atoms with E-state index in [4.69, 9.17) is 4.74 Å². The predicted octanol–water partition coefficient (Wildman–Crippen LogP) is 1.38. The molecule has 10 nitrogen and oxygen atoms in total. The van der Waals surface area contributed by atoms with Gasteiger partial charge in [0.25, 0.3) is 11.4 Å². The molecular weight excluding hydrogens is 334 g/mol. The number of fused-ring (bicyclic) bond motifs is 2. The molecule has 3 rings (SSSR count). The van der Waals surface area contributed by atoms with Gasteiger partial charge in [0.05, 0.1) is 41.0 Å². The number of ketones is 1. The Balaban J connectivity index is 2.11. The summed E-state index contributed by atoms with van der Waals surface area (Å²) in [6, 6.07) is 1.89. The zero-order valence-corrected chi connectivity index (χ0v) is 13.0. The van der Waals surface area contributed by atoms with Crippen LogP contribution >= 0.6 is 0 Å². The zero-order valence-electron chi connectivity index (χ0n) is 13.0. The highest BCUT2D eigenvalue weighted by Gasteiger charge is 2.50. The van der Waals surface area contributed by atoms with E-state index in [9.17, 15) is 29.8 Å². The average Bonchev–Trinajstić information content (AvgIpc) is 2.88. The molecular formula is C15H13N3O7. The fraction of sp³-hybridized carbons (Fsp3) is 0.333. The third-order valence-electron chi connectivity index (χ3n) is 4.48. The van der Waals surface area contributed by atoms with Gasteiger partial charge in [-0.1, -0.05) is 6.08 Å². The molecule has 1 fully saturated rings. The molecule has 2 aliphatic rings. The Kier molecular flexibility index (Phi) is 3.95. The van der Waals surface area contributed by atoms with Crippen LogP contribution in [0.3, 0.4) is 0 Å². The number of methoxy groups -OCH3 is 1. The number of benzene rings is 1. The SMILES string of the molecule is COC(=O)[C@@H]1CC2C(=O)C=CC1N2c1ccc([N+](=O)[O-])cc1[N+](=O)[O-]. The van der Waals surface area contributed by atoms with Crippen LogP contribution in [0.4, 0.5) is 17.1 Å². The third-order valence-corrected chi connectivity index (χ3v) is 4.48. The molecule has 0 aromatic heterocycles. The molecule has 0 radical (unpaired) electrons. The first kappa shape index (κ1) is 16.6. The Labute approximate surface area is 141 Å². The normalized spacial score (nSPS) is 24.3. The van der Waals surface area contributed by atoms with E-state index in [-0.39, 0.29) is 17.9 Å². The molecule has 0 N–H and O–H groups in total. The van der Waals surface area contributed by atoms with Crippen LogP contribution < -0.4 is 4.90 Å². The number of nitro benzene ring substituents is 2. The van der Waals surface area contributed by atoms with E-state index >= 15 is 0 Å². The number of nitro groups is 2. The van der Waals surface area contributed by atoms with Crippen LogP contribution in [0.5, 0.6) is 0 Å². The van der Waals surface area contributed by atoms with Gasteiger partial charge in [0.1, 0.15) is 5.69 Å². The number of ether oxygens (including phenoxy) is 1. The lowest BCUT2D eigenvalue weighted by Gasteiger charge is -2.32. The Morgan fingerprint density at radius 2 is 2.00 bits per heavy atom. The van der Waals surface area contributed by atoms with Gasteiger partial charge in [-0.15, -0.1) is 0 Å². The molecule has 2 unspecified atom stereocenters. The summed E-state index contributed by atoms with van der Waals surface area (Å²) in [5.74, 6) is -1.44. The second-order valence-corrected chi connectivity index (χ2v) is 5.73. The van der Waals surface area contributed by atoms with Gasteiger partial charge in [0.2, 0.25) is 0 Å². The summed E-state index contributed by atoms with van der Waals surface area (Å²) >= 11 is 0. The van der Waals surface area contributed by atoms with Crippen molar-refractivity contribution in [2.45, 2.75) is 18.5 Å². The van der Waals surface area contributed by atoms with E-state index in [0.29, 0.717) is 0 Å². The molecule has 10 heteroatoms. The molecule has 2 aliphatic heterocycles. The van der Waals surface area contributed by atoms with E-state index < -0.39 is 45.2 Å². The monoisotopic (exact) mass is 347 g/mol. The van der Waals surface area contributed by atoms with Crippen molar-refractivity contribution in [1.82, 2.24) is 0 Å². The first-order valence-corrected chi connectivity index (χ1v) is 7.36. The van der Waals surface area contributed by atoms with Gasteiger partial charge in [0, 0.05) is 6.07 Å². The van der Waals surface area contributed by atoms with Crippen molar-refractivity contribution in [3.05, 3.63) is 50.6 Å². The number of carbonyl (C=O) groups excluding carboxylic acids is 2. The number of anilines is 1. The third kappa shape index (κ3) is 2.61. The first-order chi connectivity index (χ1) is 11.8. The van der Waals surface area contributed by atoms with E-state index in [1.807, 2.05) is 0 Å². The molecule has 2 bridgehead atoms. The van der Waals surface area contributed by atoms with Crippen molar-refractivity contribution in [3.8, 4) is 0 Å². The molecule has 2 heterocycles. The number of hydrogen-bond acceptors (Lipinski definition) is 8. The van der Waals surface area contributed by atoms with Gasteiger partial charge in [0.15, 0.2) is 5.78 Å². The summed E-state index contributed by atoms with van der Waals surface area (Å²) in [4.78, 5) is 46.4. The van der Waals surface area contributed by atoms with Crippen LogP contribution in [0.1, 0.15) is 6.42 Å². The zero-order chi connectivity index (χ0) is 18.3. The highest BCUT2D eigenvalue weighted by Crippen LogP contribution is 2.43. The molecule has 130 valence electrons. The van der Waals surface area contributed by atoms with Gasteiger partial charge < -0.3 is 9.64 Å². The summed E-state index contributed by atoms with van der Waals surface area (Å²) in [6.07, 6.45) is 3.03. The van der Waals surface area contributed by atoms with Gasteiger partial charge in [-0.3, -0.25) is 29.8 Å². The van der Waals surface area contributed by atoms with Crippen molar-refractivity contribution in [2.75, 3.05) is 12.0 Å². The molecule has 1 aromatic carbocycles. The predicted molar refractivity (Wildman–Crippen MR) is 84.1 cm³/mol. The van der Waals surface area contributed by atoms with Crippen molar-refractivity contribution < 1.29 is 24.2 Å². The van der Waals surface area contributed by atoms with Crippen LogP contribution in [0.2, 0.25) is 0 Å². The maximum absolute atomic E-state index is 12.2. The molecule has 25 heavy (non-hydrogen) atoms. The van der Waals surface area contributed by atoms with E-state index in [1.165, 1.54) is 30.2 Å². The number of non-ortho nitro benzene ring substituents is 1. The Morgan fingerprint density at radius 1 is 1.28 bits per heavy atom. The van der Waals surface area contributed by atoms with Gasteiger partial charge in [-0.25, -0.2) is 0 Å². The van der Waals surface area contributed by atoms with Gasteiger partial charge >= 0.3 is 5.97 Å². The van der Waals surface area contributed by atoms with E-state index in [0.717, 1.165) is 12.1 Å². The topological polar surface area (TPSA) is 133 Å². The lowest BCUT2D eigenvalue weighted by atomic mass is 10.0. The summed E-state index contributed by atoms with van der Waals surface area (Å²) in [6.45, 7) is 0. The van der Waals surface area contributed by atoms with Crippen LogP contribution in [0, 0.1) is 26.1 Å². The molecule has 0 saturated carbocycles. The smallest absolute Gasteiger partial charge is 0.311 e. The Bertz CT molecular complexity index is 819. The van der Waals surface area contributed by atoms with Crippen molar-refractivity contribution in [1.29, 1.82) is 0 Å².